The van der Waals surface area contributed by atoms with Gasteiger partial charge in [0.2, 0.25) is 0 Å². The molecule has 2 aliphatic carbocycles. The molecule has 8 heteroatoms. The number of aromatic nitrogens is 3. The summed E-state index contributed by atoms with van der Waals surface area (Å²) in [5, 5.41) is 21.4. The molecule has 3 aliphatic rings. The van der Waals surface area contributed by atoms with Gasteiger partial charge in [0.15, 0.2) is 0 Å². The van der Waals surface area contributed by atoms with E-state index in [-0.39, 0.29) is 12.3 Å². The summed E-state index contributed by atoms with van der Waals surface area (Å²) in [5.41, 5.74) is 17.9. The minimum Gasteiger partial charge on any atom is -0.505 e. The number of carbonyl (C=O) groups excluding carboxylic acids is 2. The molecule has 1 atom stereocenters. The first kappa shape index (κ1) is 28.4. The van der Waals surface area contributed by atoms with Crippen molar-refractivity contribution in [1.82, 2.24) is 19.9 Å². The molecule has 234 valence electrons. The average molecular weight is 630 g/mol. The second-order valence-electron chi connectivity index (χ2n) is 12.6. The molecule has 2 heterocycles. The predicted molar refractivity (Wildman–Crippen MR) is 184 cm³/mol. The van der Waals surface area contributed by atoms with E-state index < -0.39 is 17.9 Å². The summed E-state index contributed by atoms with van der Waals surface area (Å²) >= 11 is 0. The lowest BCUT2D eigenvalue weighted by Gasteiger charge is -2.34. The van der Waals surface area contributed by atoms with Crippen molar-refractivity contribution in [2.24, 2.45) is 5.73 Å². The van der Waals surface area contributed by atoms with Crippen LogP contribution in [-0.2, 0) is 25.8 Å². The van der Waals surface area contributed by atoms with Gasteiger partial charge in [-0.1, -0.05) is 66.7 Å². The summed E-state index contributed by atoms with van der Waals surface area (Å²) in [6, 6.07) is 29.9. The normalized spacial score (nSPS) is 15.5. The Hall–Kier alpha value is -5.86. The van der Waals surface area contributed by atoms with Crippen molar-refractivity contribution in [3.8, 4) is 22.6 Å². The molecule has 0 saturated carbocycles. The fraction of sp³-hybridized carbons (Fsp3) is 0.150. The van der Waals surface area contributed by atoms with E-state index in [0.29, 0.717) is 39.0 Å². The summed E-state index contributed by atoms with van der Waals surface area (Å²) in [5.74, 6) is -0.917. The fourth-order valence-corrected chi connectivity index (χ4v) is 7.82. The molecule has 0 saturated heterocycles. The van der Waals surface area contributed by atoms with Gasteiger partial charge in [0.1, 0.15) is 22.5 Å². The van der Waals surface area contributed by atoms with Crippen LogP contribution >= 0.6 is 0 Å². The van der Waals surface area contributed by atoms with Gasteiger partial charge in [-0.3, -0.25) is 14.5 Å². The minimum atomic E-state index is -0.930. The summed E-state index contributed by atoms with van der Waals surface area (Å²) < 4.78 is 0. The second-order valence-corrected chi connectivity index (χ2v) is 12.6. The van der Waals surface area contributed by atoms with Gasteiger partial charge < -0.3 is 10.8 Å². The van der Waals surface area contributed by atoms with Crippen LogP contribution in [0.5, 0.6) is 5.75 Å². The maximum atomic E-state index is 14.2. The quantitative estimate of drug-likeness (QED) is 0.205. The Morgan fingerprint density at radius 2 is 1.33 bits per heavy atom. The number of phenols is 1. The number of fused-ring (bicyclic) bond motifs is 7. The molecule has 1 aliphatic heterocycles. The van der Waals surface area contributed by atoms with Gasteiger partial charge in [0.25, 0.3) is 11.8 Å². The molecule has 0 spiro atoms. The topological polar surface area (TPSA) is 114 Å². The van der Waals surface area contributed by atoms with E-state index in [9.17, 15) is 14.7 Å². The Morgan fingerprint density at radius 3 is 2.04 bits per heavy atom. The SMILES string of the molecule is NCc1cc(C(C2=CCCc3c2ccc2c3CCc3ccccc3-2)N2C(=O)c3ccccc3C2=O)c(O)c(-n2nc3ccccc3n2)c1. The van der Waals surface area contributed by atoms with Crippen molar-refractivity contribution in [2.45, 2.75) is 38.3 Å². The lowest BCUT2D eigenvalue weighted by molar-refractivity contribution is 0.0618. The zero-order valence-electron chi connectivity index (χ0n) is 26.1. The number of aryl methyl sites for hydroxylation is 1. The molecule has 2 amide bonds. The number of rotatable bonds is 5. The van der Waals surface area contributed by atoms with Crippen molar-refractivity contribution in [1.29, 1.82) is 0 Å². The number of allylic oxidation sites excluding steroid dienone is 1. The predicted octanol–water partition coefficient (Wildman–Crippen LogP) is 6.72. The largest absolute Gasteiger partial charge is 0.505 e. The molecule has 1 aromatic heterocycles. The van der Waals surface area contributed by atoms with Crippen LogP contribution in [0.2, 0.25) is 0 Å². The highest BCUT2D eigenvalue weighted by Gasteiger charge is 2.44. The highest BCUT2D eigenvalue weighted by Crippen LogP contribution is 2.49. The van der Waals surface area contributed by atoms with E-state index >= 15 is 0 Å². The number of hydrogen-bond acceptors (Lipinski definition) is 6. The third kappa shape index (κ3) is 4.19. The van der Waals surface area contributed by atoms with Gasteiger partial charge in [-0.2, -0.15) is 0 Å². The van der Waals surface area contributed by atoms with E-state index in [0.717, 1.165) is 36.8 Å². The number of aromatic hydroxyl groups is 1. The van der Waals surface area contributed by atoms with E-state index in [1.165, 1.54) is 37.5 Å². The third-order valence-corrected chi connectivity index (χ3v) is 10.0. The lowest BCUT2D eigenvalue weighted by atomic mass is 9.76. The number of nitrogens with two attached hydrogens (primary N) is 1. The number of nitrogens with zero attached hydrogens (tertiary/aromatic N) is 4. The number of phenolic OH excluding ortho intramolecular Hbond substituents is 1. The van der Waals surface area contributed by atoms with Crippen LogP contribution in [0.4, 0.5) is 0 Å². The van der Waals surface area contributed by atoms with Crippen LogP contribution in [0.1, 0.15) is 66.6 Å². The fourth-order valence-electron chi connectivity index (χ4n) is 7.82. The minimum absolute atomic E-state index is 0.117. The van der Waals surface area contributed by atoms with E-state index in [1.54, 1.807) is 36.4 Å². The van der Waals surface area contributed by atoms with Crippen LogP contribution in [0.3, 0.4) is 0 Å². The van der Waals surface area contributed by atoms with Crippen molar-refractivity contribution in [2.75, 3.05) is 0 Å². The zero-order chi connectivity index (χ0) is 32.5. The molecular weight excluding hydrogens is 598 g/mol. The molecule has 5 aromatic carbocycles. The zero-order valence-corrected chi connectivity index (χ0v) is 26.1. The Kier molecular flexibility index (Phi) is 6.42. The smallest absolute Gasteiger partial charge is 0.262 e. The Bertz CT molecular complexity index is 2300. The average Bonchev–Trinajstić information content (AvgIpc) is 3.67. The molecule has 0 radical (unpaired) electrons. The van der Waals surface area contributed by atoms with Crippen molar-refractivity contribution < 1.29 is 14.7 Å². The highest BCUT2D eigenvalue weighted by molar-refractivity contribution is 6.22. The van der Waals surface area contributed by atoms with Gasteiger partial charge in [-0.15, -0.1) is 15.0 Å². The molecule has 0 bridgehead atoms. The summed E-state index contributed by atoms with van der Waals surface area (Å²) in [7, 11) is 0. The number of imide groups is 1. The molecular formula is C40H31N5O3. The molecule has 1 unspecified atom stereocenters. The first-order chi connectivity index (χ1) is 23.5. The van der Waals surface area contributed by atoms with Gasteiger partial charge >= 0.3 is 0 Å². The first-order valence-electron chi connectivity index (χ1n) is 16.3. The molecule has 6 aromatic rings. The third-order valence-electron chi connectivity index (χ3n) is 10.0. The Morgan fingerprint density at radius 1 is 0.708 bits per heavy atom. The van der Waals surface area contributed by atoms with Crippen LogP contribution in [0, 0.1) is 0 Å². The monoisotopic (exact) mass is 629 g/mol. The van der Waals surface area contributed by atoms with Crippen LogP contribution in [-0.4, -0.2) is 36.8 Å². The van der Waals surface area contributed by atoms with Crippen LogP contribution < -0.4 is 5.73 Å². The molecule has 0 fully saturated rings. The van der Waals surface area contributed by atoms with Gasteiger partial charge in [0, 0.05) is 12.1 Å². The molecule has 3 N–H and O–H groups in total. The second kappa shape index (κ2) is 10.9. The van der Waals surface area contributed by atoms with Crippen molar-refractivity contribution >= 4 is 28.4 Å². The van der Waals surface area contributed by atoms with Crippen molar-refractivity contribution in [3.05, 3.63) is 148 Å². The van der Waals surface area contributed by atoms with Gasteiger partial charge in [-0.25, -0.2) is 0 Å². The molecule has 48 heavy (non-hydrogen) atoms. The number of benzene rings is 5. The summed E-state index contributed by atoms with van der Waals surface area (Å²) in [6.07, 6.45) is 5.57. The lowest BCUT2D eigenvalue weighted by Crippen LogP contribution is -2.35. The summed E-state index contributed by atoms with van der Waals surface area (Å²) in [6.45, 7) is 0.165. The maximum absolute atomic E-state index is 14.2. The van der Waals surface area contributed by atoms with Gasteiger partial charge in [-0.05, 0) is 107 Å². The standard InChI is InChI=1S/C40H31N5O3/c41-22-23-20-33(38(46)36(21-23)45-42-34-14-5-6-15-35(34)43-45)37(44-39(47)31-10-3-4-11-32(31)40(44)48)30-13-7-12-26-28-17-16-24-8-1-2-9-25(24)27(28)18-19-29(26)30/h1-6,8-11,13-15,18-21,37,46H,7,12,16-17,22,41H2. The molecule has 9 rings (SSSR count). The number of amides is 2. The van der Waals surface area contributed by atoms with Crippen LogP contribution in [0.25, 0.3) is 33.4 Å². The Balaban J connectivity index is 1.27. The van der Waals surface area contributed by atoms with E-state index in [2.05, 4.69) is 52.7 Å². The number of carbonyl (C=O) groups is 2. The first-order valence-corrected chi connectivity index (χ1v) is 16.3. The van der Waals surface area contributed by atoms with Crippen molar-refractivity contribution in [3.63, 3.8) is 0 Å². The van der Waals surface area contributed by atoms with E-state index in [4.69, 9.17) is 5.73 Å². The summed E-state index contributed by atoms with van der Waals surface area (Å²) in [4.78, 5) is 31.2. The Labute approximate surface area is 276 Å². The molecule has 8 nitrogen and oxygen atoms in total. The van der Waals surface area contributed by atoms with Gasteiger partial charge in [0.05, 0.1) is 17.2 Å². The number of hydrogen-bond donors (Lipinski definition) is 2. The van der Waals surface area contributed by atoms with Crippen LogP contribution in [0.15, 0.2) is 103 Å². The van der Waals surface area contributed by atoms with E-state index in [1.807, 2.05) is 24.3 Å². The highest BCUT2D eigenvalue weighted by atomic mass is 16.3. The maximum Gasteiger partial charge on any atom is 0.262 e.